The minimum absolute atomic E-state index is 0.0000157. The van der Waals surface area contributed by atoms with E-state index in [9.17, 15) is 14.4 Å². The van der Waals surface area contributed by atoms with Gasteiger partial charge in [-0.15, -0.1) is 0 Å². The number of carbonyl (C=O) groups excluding carboxylic acids is 2. The van der Waals surface area contributed by atoms with Crippen molar-refractivity contribution < 1.29 is 19.5 Å². The number of carbonyl (C=O) groups is 3. The number of aliphatic carboxylic acids is 1. The van der Waals surface area contributed by atoms with E-state index in [1.54, 1.807) is 4.90 Å². The fourth-order valence-electron chi connectivity index (χ4n) is 2.69. The zero-order chi connectivity index (χ0) is 16.8. The zero-order valence-electron chi connectivity index (χ0n) is 13.2. The first-order chi connectivity index (χ1) is 11.0. The molecule has 23 heavy (non-hydrogen) atoms. The third-order valence-electron chi connectivity index (χ3n) is 4.07. The number of nitrogens with one attached hydrogen (secondary N) is 1. The number of hydrogen-bond donors (Lipinski definition) is 2. The van der Waals surface area contributed by atoms with E-state index >= 15 is 0 Å². The van der Waals surface area contributed by atoms with Crippen LogP contribution in [0.1, 0.15) is 25.3 Å². The molecule has 6 heteroatoms. The third kappa shape index (κ3) is 4.81. The van der Waals surface area contributed by atoms with Gasteiger partial charge in [-0.2, -0.15) is 0 Å². The predicted molar refractivity (Wildman–Crippen MR) is 84.7 cm³/mol. The van der Waals surface area contributed by atoms with E-state index in [-0.39, 0.29) is 17.7 Å². The molecule has 0 saturated carbocycles. The van der Waals surface area contributed by atoms with Crippen LogP contribution < -0.4 is 5.32 Å². The van der Waals surface area contributed by atoms with Crippen LogP contribution >= 0.6 is 0 Å². The minimum Gasteiger partial charge on any atom is -0.480 e. The second-order valence-corrected chi connectivity index (χ2v) is 5.91. The fourth-order valence-corrected chi connectivity index (χ4v) is 2.69. The Morgan fingerprint density at radius 2 is 2.00 bits per heavy atom. The van der Waals surface area contributed by atoms with Crippen molar-refractivity contribution in [3.63, 3.8) is 0 Å². The molecule has 1 aromatic rings. The molecular weight excluding hydrogens is 296 g/mol. The Kier molecular flexibility index (Phi) is 5.73. The van der Waals surface area contributed by atoms with Crippen LogP contribution in [0, 0.1) is 5.92 Å². The van der Waals surface area contributed by atoms with Crippen molar-refractivity contribution in [3.8, 4) is 0 Å². The molecule has 1 saturated heterocycles. The van der Waals surface area contributed by atoms with Gasteiger partial charge in [0.15, 0.2) is 0 Å². The number of benzene rings is 1. The molecular formula is C17H22N2O4. The van der Waals surface area contributed by atoms with Crippen molar-refractivity contribution in [2.45, 2.75) is 32.2 Å². The molecule has 1 heterocycles. The lowest BCUT2D eigenvalue weighted by atomic mass is 9.96. The van der Waals surface area contributed by atoms with Gasteiger partial charge in [-0.25, -0.2) is 0 Å². The lowest BCUT2D eigenvalue weighted by Gasteiger charge is -2.32. The van der Waals surface area contributed by atoms with Crippen molar-refractivity contribution in [1.82, 2.24) is 10.2 Å². The molecule has 2 rings (SSSR count). The van der Waals surface area contributed by atoms with Gasteiger partial charge in [-0.3, -0.25) is 14.4 Å². The monoisotopic (exact) mass is 318 g/mol. The molecule has 0 bridgehead atoms. The Labute approximate surface area is 135 Å². The number of amides is 2. The van der Waals surface area contributed by atoms with Gasteiger partial charge in [-0.05, 0) is 25.3 Å². The number of carboxylic acids is 1. The van der Waals surface area contributed by atoms with Gasteiger partial charge >= 0.3 is 5.97 Å². The smallest absolute Gasteiger partial charge is 0.325 e. The summed E-state index contributed by atoms with van der Waals surface area (Å²) in [4.78, 5) is 37.0. The number of likely N-dealkylation sites (tertiary alicyclic amines) is 1. The van der Waals surface area contributed by atoms with E-state index < -0.39 is 12.0 Å². The zero-order valence-corrected chi connectivity index (χ0v) is 13.2. The van der Waals surface area contributed by atoms with Gasteiger partial charge in [0.1, 0.15) is 6.04 Å². The summed E-state index contributed by atoms with van der Waals surface area (Å²) in [5, 5.41) is 11.3. The molecule has 124 valence electrons. The van der Waals surface area contributed by atoms with Crippen LogP contribution in [0.15, 0.2) is 30.3 Å². The topological polar surface area (TPSA) is 86.7 Å². The average Bonchev–Trinajstić information content (AvgIpc) is 2.55. The molecule has 1 aliphatic heterocycles. The first-order valence-corrected chi connectivity index (χ1v) is 7.82. The Hall–Kier alpha value is -2.37. The molecule has 0 aliphatic carbocycles. The van der Waals surface area contributed by atoms with Crippen molar-refractivity contribution in [1.29, 1.82) is 0 Å². The van der Waals surface area contributed by atoms with Crippen molar-refractivity contribution in [3.05, 3.63) is 35.9 Å². The second-order valence-electron chi connectivity index (χ2n) is 5.91. The Bertz CT molecular complexity index is 573. The summed E-state index contributed by atoms with van der Waals surface area (Å²) in [7, 11) is 0. The number of rotatable bonds is 5. The summed E-state index contributed by atoms with van der Waals surface area (Å²) in [6, 6.07) is 8.57. The highest BCUT2D eigenvalue weighted by atomic mass is 16.4. The van der Waals surface area contributed by atoms with Gasteiger partial charge in [0.25, 0.3) is 0 Å². The van der Waals surface area contributed by atoms with Crippen LogP contribution in [-0.2, 0) is 20.8 Å². The van der Waals surface area contributed by atoms with E-state index in [0.717, 1.165) is 12.0 Å². The molecule has 2 N–H and O–H groups in total. The van der Waals surface area contributed by atoms with Crippen LogP contribution in [-0.4, -0.2) is 46.9 Å². The van der Waals surface area contributed by atoms with Crippen molar-refractivity contribution >= 4 is 17.8 Å². The van der Waals surface area contributed by atoms with E-state index in [1.165, 1.54) is 6.92 Å². The third-order valence-corrected chi connectivity index (χ3v) is 4.07. The fraction of sp³-hybridized carbons (Fsp3) is 0.471. The van der Waals surface area contributed by atoms with Gasteiger partial charge in [0.2, 0.25) is 11.8 Å². The molecule has 1 unspecified atom stereocenters. The Balaban J connectivity index is 1.91. The summed E-state index contributed by atoms with van der Waals surface area (Å²) in [6.07, 6.45) is 1.74. The van der Waals surface area contributed by atoms with E-state index in [0.29, 0.717) is 25.9 Å². The molecule has 2 atom stereocenters. The number of hydrogen-bond acceptors (Lipinski definition) is 3. The normalized spacial score (nSPS) is 19.0. The molecule has 0 aromatic heterocycles. The average molecular weight is 318 g/mol. The molecule has 6 nitrogen and oxygen atoms in total. The SMILES string of the molecule is C[C@H](NC(=O)C1CCCN(C(=O)Cc2ccccc2)C1)C(=O)O. The Morgan fingerprint density at radius 3 is 2.65 bits per heavy atom. The number of piperidine rings is 1. The minimum atomic E-state index is -1.06. The van der Waals surface area contributed by atoms with Crippen LogP contribution in [0.5, 0.6) is 0 Å². The summed E-state index contributed by atoms with van der Waals surface area (Å²) >= 11 is 0. The van der Waals surface area contributed by atoms with Gasteiger partial charge in [-0.1, -0.05) is 30.3 Å². The molecule has 1 aliphatic rings. The number of nitrogens with zero attached hydrogens (tertiary/aromatic N) is 1. The first kappa shape index (κ1) is 17.0. The van der Waals surface area contributed by atoms with E-state index in [1.807, 2.05) is 30.3 Å². The molecule has 2 amide bonds. The van der Waals surface area contributed by atoms with Gasteiger partial charge in [0, 0.05) is 13.1 Å². The predicted octanol–water partition coefficient (Wildman–Crippen LogP) is 1.06. The van der Waals surface area contributed by atoms with Crippen LogP contribution in [0.4, 0.5) is 0 Å². The van der Waals surface area contributed by atoms with Gasteiger partial charge in [0.05, 0.1) is 12.3 Å². The second kappa shape index (κ2) is 7.76. The summed E-state index contributed by atoms with van der Waals surface area (Å²) in [5.74, 6) is -1.70. The van der Waals surface area contributed by atoms with Crippen molar-refractivity contribution in [2.24, 2.45) is 5.92 Å². The maximum atomic E-state index is 12.4. The van der Waals surface area contributed by atoms with Crippen LogP contribution in [0.2, 0.25) is 0 Å². The van der Waals surface area contributed by atoms with E-state index in [4.69, 9.17) is 5.11 Å². The quantitative estimate of drug-likeness (QED) is 0.850. The molecule has 0 radical (unpaired) electrons. The van der Waals surface area contributed by atoms with Gasteiger partial charge < -0.3 is 15.3 Å². The highest BCUT2D eigenvalue weighted by molar-refractivity contribution is 5.86. The lowest BCUT2D eigenvalue weighted by Crippen LogP contribution is -2.48. The highest BCUT2D eigenvalue weighted by Crippen LogP contribution is 2.18. The first-order valence-electron chi connectivity index (χ1n) is 7.82. The Morgan fingerprint density at radius 1 is 1.30 bits per heavy atom. The van der Waals surface area contributed by atoms with Crippen LogP contribution in [0.25, 0.3) is 0 Å². The molecule has 1 aromatic carbocycles. The summed E-state index contributed by atoms with van der Waals surface area (Å²) in [6.45, 7) is 2.43. The van der Waals surface area contributed by atoms with Crippen LogP contribution in [0.3, 0.4) is 0 Å². The highest BCUT2D eigenvalue weighted by Gasteiger charge is 2.29. The largest absolute Gasteiger partial charge is 0.480 e. The number of carboxylic acid groups (broad SMARTS) is 1. The van der Waals surface area contributed by atoms with Crippen molar-refractivity contribution in [2.75, 3.05) is 13.1 Å². The maximum absolute atomic E-state index is 12.4. The summed E-state index contributed by atoms with van der Waals surface area (Å²) < 4.78 is 0. The maximum Gasteiger partial charge on any atom is 0.325 e. The van der Waals surface area contributed by atoms with E-state index in [2.05, 4.69) is 5.32 Å². The molecule has 1 fully saturated rings. The lowest BCUT2D eigenvalue weighted by molar-refractivity contribution is -0.143. The standard InChI is InChI=1S/C17H22N2O4/c1-12(17(22)23)18-16(21)14-8-5-9-19(11-14)15(20)10-13-6-3-2-4-7-13/h2-4,6-7,12,14H,5,8-11H2,1H3,(H,18,21)(H,22,23)/t12-,14?/m0/s1. The summed E-state index contributed by atoms with van der Waals surface area (Å²) in [5.41, 5.74) is 0.948. The molecule has 0 spiro atoms.